The molecule has 0 saturated carbocycles. The number of hydrogen-bond donors (Lipinski definition) is 0. The average Bonchev–Trinajstić information content (AvgIpc) is 2.86. The quantitative estimate of drug-likeness (QED) is 0.237. The molecule has 0 amide bonds. The summed E-state index contributed by atoms with van der Waals surface area (Å²) in [6, 6.07) is 41.7. The molecule has 0 aliphatic carbocycles. The molecule has 2 nitrogen and oxygen atoms in total. The summed E-state index contributed by atoms with van der Waals surface area (Å²) in [5.41, 5.74) is 13.1. The molecule has 5 aromatic rings. The van der Waals surface area contributed by atoms with Crippen molar-refractivity contribution in [2.24, 2.45) is 0 Å². The topological polar surface area (TPSA) is 6.48 Å². The van der Waals surface area contributed by atoms with Crippen molar-refractivity contribution in [3.05, 3.63) is 143 Å². The van der Waals surface area contributed by atoms with Gasteiger partial charge in [-0.3, -0.25) is 0 Å². The van der Waals surface area contributed by atoms with Gasteiger partial charge >= 0.3 is 0 Å². The van der Waals surface area contributed by atoms with Crippen molar-refractivity contribution < 1.29 is 0 Å². The highest BCUT2D eigenvalue weighted by molar-refractivity contribution is 5.84. The number of benzene rings is 5. The zero-order valence-corrected chi connectivity index (χ0v) is 22.4. The van der Waals surface area contributed by atoms with Gasteiger partial charge in [0.05, 0.1) is 5.69 Å². The predicted molar refractivity (Wildman–Crippen MR) is 159 cm³/mol. The summed E-state index contributed by atoms with van der Waals surface area (Å²) in [7, 11) is 0. The molecule has 0 atom stereocenters. The monoisotopic (exact) mass is 482 g/mol. The number of hydrogen-bond acceptors (Lipinski definition) is 2. The summed E-state index contributed by atoms with van der Waals surface area (Å²) in [5, 5.41) is 0. The van der Waals surface area contributed by atoms with Gasteiger partial charge in [0.1, 0.15) is 0 Å². The van der Waals surface area contributed by atoms with Gasteiger partial charge in [-0.15, -0.1) is 0 Å². The smallest absolute Gasteiger partial charge is 0.0511 e. The molecule has 0 radical (unpaired) electrons. The van der Waals surface area contributed by atoms with E-state index < -0.39 is 0 Å². The van der Waals surface area contributed by atoms with Gasteiger partial charge in [-0.05, 0) is 123 Å². The van der Waals surface area contributed by atoms with Crippen LogP contribution in [0, 0.1) is 34.6 Å². The first kappa shape index (κ1) is 24.4. The van der Waals surface area contributed by atoms with Crippen LogP contribution < -0.4 is 9.80 Å². The number of rotatable bonds is 6. The van der Waals surface area contributed by atoms with E-state index in [9.17, 15) is 0 Å². The lowest BCUT2D eigenvalue weighted by atomic mass is 10.1. The van der Waals surface area contributed by atoms with Crippen LogP contribution in [0.1, 0.15) is 27.8 Å². The molecule has 0 aliphatic rings. The van der Waals surface area contributed by atoms with Crippen LogP contribution in [0.15, 0.2) is 115 Å². The minimum absolute atomic E-state index is 1.13. The Kier molecular flexibility index (Phi) is 6.83. The van der Waals surface area contributed by atoms with Crippen molar-refractivity contribution >= 4 is 34.1 Å². The maximum Gasteiger partial charge on any atom is 0.0511 e. The van der Waals surface area contributed by atoms with Gasteiger partial charge in [0.25, 0.3) is 0 Å². The Bertz CT molecular complexity index is 1460. The van der Waals surface area contributed by atoms with Crippen LogP contribution in [0.4, 0.5) is 34.1 Å². The lowest BCUT2D eigenvalue weighted by Crippen LogP contribution is -2.14. The van der Waals surface area contributed by atoms with Crippen molar-refractivity contribution in [1.29, 1.82) is 0 Å². The largest absolute Gasteiger partial charge is 0.310 e. The van der Waals surface area contributed by atoms with Gasteiger partial charge < -0.3 is 9.80 Å². The molecular weight excluding hydrogens is 448 g/mol. The summed E-state index contributed by atoms with van der Waals surface area (Å²) < 4.78 is 0. The second kappa shape index (κ2) is 10.4. The molecule has 184 valence electrons. The molecule has 37 heavy (non-hydrogen) atoms. The van der Waals surface area contributed by atoms with E-state index in [1.165, 1.54) is 33.5 Å². The van der Waals surface area contributed by atoms with E-state index in [-0.39, 0.29) is 0 Å². The van der Waals surface area contributed by atoms with Crippen LogP contribution in [0.25, 0.3) is 0 Å². The van der Waals surface area contributed by atoms with Crippen molar-refractivity contribution in [3.63, 3.8) is 0 Å². The highest BCUT2D eigenvalue weighted by Crippen LogP contribution is 2.42. The summed E-state index contributed by atoms with van der Waals surface area (Å²) in [6.45, 7) is 10.8. The molecule has 0 saturated heterocycles. The molecule has 0 aromatic heterocycles. The summed E-state index contributed by atoms with van der Waals surface area (Å²) >= 11 is 0. The Morgan fingerprint density at radius 1 is 0.351 bits per heavy atom. The third-order valence-corrected chi connectivity index (χ3v) is 6.73. The second-order valence-corrected chi connectivity index (χ2v) is 10.00. The van der Waals surface area contributed by atoms with Crippen LogP contribution >= 0.6 is 0 Å². The van der Waals surface area contributed by atoms with E-state index >= 15 is 0 Å². The van der Waals surface area contributed by atoms with E-state index in [0.29, 0.717) is 0 Å². The number of aryl methyl sites for hydroxylation is 5. The summed E-state index contributed by atoms with van der Waals surface area (Å²) in [6.07, 6.45) is 0. The third-order valence-electron chi connectivity index (χ3n) is 6.73. The van der Waals surface area contributed by atoms with Crippen LogP contribution in [0.5, 0.6) is 0 Å². The van der Waals surface area contributed by atoms with Gasteiger partial charge in [-0.2, -0.15) is 0 Å². The standard InChI is InChI=1S/C35H34N2/c1-25-10-6-14-30(20-25)36(31-15-7-11-26(2)21-31)34-19-18-29(5)35(24-34)37(32-16-8-12-27(3)22-32)33-17-9-13-28(4)23-33/h6-24H,1-5H3. The van der Waals surface area contributed by atoms with Gasteiger partial charge in [0.2, 0.25) is 0 Å². The fraction of sp³-hybridized carbons (Fsp3) is 0.143. The van der Waals surface area contributed by atoms with Gasteiger partial charge in [0.15, 0.2) is 0 Å². The van der Waals surface area contributed by atoms with Crippen molar-refractivity contribution in [2.45, 2.75) is 34.6 Å². The van der Waals surface area contributed by atoms with Crippen molar-refractivity contribution in [1.82, 2.24) is 0 Å². The maximum absolute atomic E-state index is 2.38. The molecule has 5 rings (SSSR count). The minimum Gasteiger partial charge on any atom is -0.310 e. The van der Waals surface area contributed by atoms with E-state index in [1.807, 2.05) is 0 Å². The predicted octanol–water partition coefficient (Wildman–Crippen LogP) is 10.2. The summed E-state index contributed by atoms with van der Waals surface area (Å²) in [5.74, 6) is 0. The molecule has 0 heterocycles. The summed E-state index contributed by atoms with van der Waals surface area (Å²) in [4.78, 5) is 4.73. The zero-order valence-electron chi connectivity index (χ0n) is 22.4. The highest BCUT2D eigenvalue weighted by atomic mass is 15.2. The SMILES string of the molecule is Cc1cccc(N(c2cccc(C)c2)c2ccc(C)c(N(c3cccc(C)c3)c3cccc(C)c3)c2)c1. The third kappa shape index (κ3) is 5.29. The number of nitrogens with zero attached hydrogens (tertiary/aromatic N) is 2. The van der Waals surface area contributed by atoms with E-state index in [4.69, 9.17) is 0 Å². The van der Waals surface area contributed by atoms with E-state index in [0.717, 1.165) is 28.4 Å². The zero-order chi connectivity index (χ0) is 25.9. The first-order valence-electron chi connectivity index (χ1n) is 12.9. The molecular formula is C35H34N2. The Morgan fingerprint density at radius 2 is 0.703 bits per heavy atom. The maximum atomic E-state index is 2.38. The molecule has 0 bridgehead atoms. The van der Waals surface area contributed by atoms with Gasteiger partial charge in [0, 0.05) is 28.4 Å². The first-order chi connectivity index (χ1) is 17.9. The Balaban J connectivity index is 1.73. The Morgan fingerprint density at radius 3 is 1.08 bits per heavy atom. The van der Waals surface area contributed by atoms with Crippen molar-refractivity contribution in [3.8, 4) is 0 Å². The fourth-order valence-electron chi connectivity index (χ4n) is 4.92. The van der Waals surface area contributed by atoms with Crippen LogP contribution in [0.3, 0.4) is 0 Å². The highest BCUT2D eigenvalue weighted by Gasteiger charge is 2.19. The Labute approximate surface area is 221 Å². The molecule has 5 aromatic carbocycles. The van der Waals surface area contributed by atoms with Gasteiger partial charge in [-0.25, -0.2) is 0 Å². The lowest BCUT2D eigenvalue weighted by molar-refractivity contribution is 1.21. The molecule has 2 heteroatoms. The van der Waals surface area contributed by atoms with Crippen LogP contribution in [-0.2, 0) is 0 Å². The first-order valence-corrected chi connectivity index (χ1v) is 12.9. The molecule has 0 aliphatic heterocycles. The molecule has 0 fully saturated rings. The lowest BCUT2D eigenvalue weighted by Gasteiger charge is -2.31. The van der Waals surface area contributed by atoms with E-state index in [1.54, 1.807) is 0 Å². The number of anilines is 6. The van der Waals surface area contributed by atoms with Gasteiger partial charge in [-0.1, -0.05) is 54.6 Å². The second-order valence-electron chi connectivity index (χ2n) is 10.00. The fourth-order valence-corrected chi connectivity index (χ4v) is 4.92. The normalized spacial score (nSPS) is 10.8. The van der Waals surface area contributed by atoms with Crippen LogP contribution in [-0.4, -0.2) is 0 Å². The molecule has 0 unspecified atom stereocenters. The minimum atomic E-state index is 1.13. The average molecular weight is 483 g/mol. The molecule has 0 spiro atoms. The Hall–Kier alpha value is -4.30. The van der Waals surface area contributed by atoms with E-state index in [2.05, 4.69) is 160 Å². The molecule has 0 N–H and O–H groups in total. The van der Waals surface area contributed by atoms with Crippen LogP contribution in [0.2, 0.25) is 0 Å². The van der Waals surface area contributed by atoms with Crippen molar-refractivity contribution in [2.75, 3.05) is 9.80 Å².